The van der Waals surface area contributed by atoms with Gasteiger partial charge in [0.2, 0.25) is 5.91 Å². The third kappa shape index (κ3) is 5.04. The van der Waals surface area contributed by atoms with Gasteiger partial charge >= 0.3 is 0 Å². The molecule has 27 heavy (non-hydrogen) atoms. The van der Waals surface area contributed by atoms with Crippen molar-refractivity contribution in [2.45, 2.75) is 32.2 Å². The Morgan fingerprint density at radius 1 is 1.07 bits per heavy atom. The van der Waals surface area contributed by atoms with Crippen LogP contribution in [0.15, 0.2) is 48.5 Å². The zero-order valence-electron chi connectivity index (χ0n) is 15.6. The zero-order valence-corrected chi connectivity index (χ0v) is 17.1. The fourth-order valence-electron chi connectivity index (χ4n) is 3.74. The van der Waals surface area contributed by atoms with Gasteiger partial charge in [0.25, 0.3) is 0 Å². The Labute approximate surface area is 171 Å². The summed E-state index contributed by atoms with van der Waals surface area (Å²) in [6, 6.07) is 16.4. The third-order valence-corrected chi connectivity index (χ3v) is 5.93. The molecule has 3 rings (SSSR count). The predicted molar refractivity (Wildman–Crippen MR) is 112 cm³/mol. The molecule has 3 nitrogen and oxygen atoms in total. The molecule has 144 valence electrons. The highest BCUT2D eigenvalue weighted by atomic mass is 35.5. The van der Waals surface area contributed by atoms with Crippen LogP contribution in [0.2, 0.25) is 10.0 Å². The van der Waals surface area contributed by atoms with E-state index in [4.69, 9.17) is 23.2 Å². The number of carbonyl (C=O) groups excluding carboxylic acids is 1. The summed E-state index contributed by atoms with van der Waals surface area (Å²) in [4.78, 5) is 14.7. The predicted octanol–water partition coefficient (Wildman–Crippen LogP) is 5.32. The monoisotopic (exact) mass is 404 g/mol. The van der Waals surface area contributed by atoms with Crippen LogP contribution in [0.25, 0.3) is 0 Å². The Hall–Kier alpha value is -1.55. The first-order valence-corrected chi connectivity index (χ1v) is 10.4. The first kappa shape index (κ1) is 20.2. The number of nitrogens with zero attached hydrogens (tertiary/aromatic N) is 1. The number of amides is 1. The zero-order chi connectivity index (χ0) is 19.2. The summed E-state index contributed by atoms with van der Waals surface area (Å²) in [6.07, 6.45) is 2.72. The lowest BCUT2D eigenvalue weighted by Gasteiger charge is -2.37. The van der Waals surface area contributed by atoms with Crippen LogP contribution in [-0.4, -0.2) is 30.4 Å². The van der Waals surface area contributed by atoms with E-state index in [-0.39, 0.29) is 17.9 Å². The number of benzene rings is 2. The van der Waals surface area contributed by atoms with Crippen LogP contribution in [0, 0.1) is 5.92 Å². The molecule has 1 N–H and O–H groups in total. The number of carbonyl (C=O) groups is 1. The molecule has 0 aromatic heterocycles. The van der Waals surface area contributed by atoms with Gasteiger partial charge in [0.05, 0.1) is 16.1 Å². The SMILES string of the molecule is CCCNC(=O)C1CCN(C(c2ccccc2)c2ccc(Cl)c(Cl)c2)CC1. The maximum absolute atomic E-state index is 12.3. The highest BCUT2D eigenvalue weighted by molar-refractivity contribution is 6.42. The van der Waals surface area contributed by atoms with Crippen LogP contribution in [0.4, 0.5) is 0 Å². The maximum atomic E-state index is 12.3. The van der Waals surface area contributed by atoms with Crippen LogP contribution < -0.4 is 5.32 Å². The molecule has 1 heterocycles. The quantitative estimate of drug-likeness (QED) is 0.706. The van der Waals surface area contributed by atoms with Gasteiger partial charge in [-0.25, -0.2) is 0 Å². The Morgan fingerprint density at radius 3 is 2.41 bits per heavy atom. The molecule has 2 aromatic rings. The summed E-state index contributed by atoms with van der Waals surface area (Å²) in [5.41, 5.74) is 2.36. The average molecular weight is 405 g/mol. The van der Waals surface area contributed by atoms with Crippen molar-refractivity contribution in [3.8, 4) is 0 Å². The van der Waals surface area contributed by atoms with Crippen molar-refractivity contribution in [3.05, 3.63) is 69.7 Å². The Balaban J connectivity index is 1.79. The van der Waals surface area contributed by atoms with Gasteiger partial charge in [-0.1, -0.05) is 66.5 Å². The molecule has 0 bridgehead atoms. The fraction of sp³-hybridized carbons (Fsp3) is 0.409. The van der Waals surface area contributed by atoms with E-state index in [9.17, 15) is 4.79 Å². The lowest BCUT2D eigenvalue weighted by Crippen LogP contribution is -2.42. The van der Waals surface area contributed by atoms with Gasteiger partial charge in [-0.15, -0.1) is 0 Å². The summed E-state index contributed by atoms with van der Waals surface area (Å²) < 4.78 is 0. The van der Waals surface area contributed by atoms with Crippen molar-refractivity contribution in [1.29, 1.82) is 0 Å². The Kier molecular flexibility index (Phi) is 7.17. The number of nitrogens with one attached hydrogen (secondary N) is 1. The van der Waals surface area contributed by atoms with Crippen LogP contribution in [0.1, 0.15) is 43.4 Å². The molecule has 1 fully saturated rings. The number of piperidine rings is 1. The molecule has 0 aliphatic carbocycles. The molecule has 2 aromatic carbocycles. The molecule has 1 unspecified atom stereocenters. The maximum Gasteiger partial charge on any atom is 0.223 e. The topological polar surface area (TPSA) is 32.3 Å². The second-order valence-corrected chi connectivity index (χ2v) is 7.90. The molecule has 1 aliphatic heterocycles. The molecule has 1 atom stereocenters. The van der Waals surface area contributed by atoms with Crippen molar-refractivity contribution < 1.29 is 4.79 Å². The van der Waals surface area contributed by atoms with Gasteiger partial charge in [0, 0.05) is 12.5 Å². The van der Waals surface area contributed by atoms with E-state index in [1.54, 1.807) is 0 Å². The first-order chi connectivity index (χ1) is 13.1. The fourth-order valence-corrected chi connectivity index (χ4v) is 4.05. The smallest absolute Gasteiger partial charge is 0.223 e. The highest BCUT2D eigenvalue weighted by Crippen LogP contribution is 2.35. The van der Waals surface area contributed by atoms with Gasteiger partial charge < -0.3 is 5.32 Å². The number of halogens is 2. The summed E-state index contributed by atoms with van der Waals surface area (Å²) in [5.74, 6) is 0.306. The van der Waals surface area contributed by atoms with Crippen LogP contribution in [-0.2, 0) is 4.79 Å². The summed E-state index contributed by atoms with van der Waals surface area (Å²) in [7, 11) is 0. The van der Waals surface area contributed by atoms with Gasteiger partial charge in [-0.3, -0.25) is 9.69 Å². The van der Waals surface area contributed by atoms with Crippen LogP contribution in [0.3, 0.4) is 0 Å². The van der Waals surface area contributed by atoms with E-state index >= 15 is 0 Å². The first-order valence-electron chi connectivity index (χ1n) is 9.61. The molecule has 0 saturated carbocycles. The van der Waals surface area contributed by atoms with Crippen molar-refractivity contribution in [2.24, 2.45) is 5.92 Å². The van der Waals surface area contributed by atoms with Gasteiger partial charge in [0.15, 0.2) is 0 Å². The van der Waals surface area contributed by atoms with Crippen molar-refractivity contribution in [2.75, 3.05) is 19.6 Å². The highest BCUT2D eigenvalue weighted by Gasteiger charge is 2.30. The molecule has 1 saturated heterocycles. The Morgan fingerprint density at radius 2 is 1.78 bits per heavy atom. The van der Waals surface area contributed by atoms with Crippen molar-refractivity contribution in [3.63, 3.8) is 0 Å². The molecule has 5 heteroatoms. The van der Waals surface area contributed by atoms with Gasteiger partial charge in [0.1, 0.15) is 0 Å². The second kappa shape index (κ2) is 9.59. The molecular weight excluding hydrogens is 379 g/mol. The summed E-state index contributed by atoms with van der Waals surface area (Å²) in [5, 5.41) is 4.17. The largest absolute Gasteiger partial charge is 0.356 e. The minimum Gasteiger partial charge on any atom is -0.356 e. The van der Waals surface area contributed by atoms with Crippen molar-refractivity contribution in [1.82, 2.24) is 10.2 Å². The number of likely N-dealkylation sites (tertiary alicyclic amines) is 1. The molecule has 0 radical (unpaired) electrons. The number of hydrogen-bond acceptors (Lipinski definition) is 2. The van der Waals surface area contributed by atoms with Crippen LogP contribution in [0.5, 0.6) is 0 Å². The lowest BCUT2D eigenvalue weighted by atomic mass is 9.91. The molecular formula is C22H26Cl2N2O. The normalized spacial score (nSPS) is 16.9. The second-order valence-electron chi connectivity index (χ2n) is 7.09. The Bertz CT molecular complexity index is 758. The molecule has 0 spiro atoms. The van der Waals surface area contributed by atoms with E-state index in [0.717, 1.165) is 44.5 Å². The van der Waals surface area contributed by atoms with Gasteiger partial charge in [-0.2, -0.15) is 0 Å². The van der Waals surface area contributed by atoms with E-state index in [1.807, 2.05) is 24.3 Å². The minimum atomic E-state index is 0.109. The van der Waals surface area contributed by atoms with E-state index < -0.39 is 0 Å². The van der Waals surface area contributed by atoms with E-state index in [0.29, 0.717) is 10.0 Å². The molecule has 1 aliphatic rings. The van der Waals surface area contributed by atoms with Crippen molar-refractivity contribution >= 4 is 29.1 Å². The standard InChI is InChI=1S/C22H26Cl2N2O/c1-2-12-25-22(27)17-10-13-26(14-11-17)21(16-6-4-3-5-7-16)18-8-9-19(23)20(24)15-18/h3-9,15,17,21H,2,10-14H2,1H3,(H,25,27). The minimum absolute atomic E-state index is 0.109. The lowest BCUT2D eigenvalue weighted by molar-refractivity contribution is -0.126. The van der Waals surface area contributed by atoms with Gasteiger partial charge in [-0.05, 0) is 55.6 Å². The summed E-state index contributed by atoms with van der Waals surface area (Å²) in [6.45, 7) is 4.59. The summed E-state index contributed by atoms with van der Waals surface area (Å²) >= 11 is 12.4. The number of hydrogen-bond donors (Lipinski definition) is 1. The van der Waals surface area contributed by atoms with Crippen LogP contribution >= 0.6 is 23.2 Å². The average Bonchev–Trinajstić information content (AvgIpc) is 2.70. The third-order valence-electron chi connectivity index (χ3n) is 5.19. The number of rotatable bonds is 6. The molecule has 1 amide bonds. The van der Waals surface area contributed by atoms with E-state index in [1.165, 1.54) is 5.56 Å². The van der Waals surface area contributed by atoms with E-state index in [2.05, 4.69) is 41.4 Å².